The molecule has 2 amide bonds. The van der Waals surface area contributed by atoms with E-state index in [2.05, 4.69) is 15.6 Å². The van der Waals surface area contributed by atoms with Crippen molar-refractivity contribution in [2.45, 2.75) is 31.3 Å². The van der Waals surface area contributed by atoms with E-state index in [-0.39, 0.29) is 31.7 Å². The smallest absolute Gasteiger partial charge is 0.326 e. The predicted octanol–water partition coefficient (Wildman–Crippen LogP) is 0.0957. The lowest BCUT2D eigenvalue weighted by molar-refractivity contribution is -0.142. The number of para-hydroxylation sites is 1. The number of carbonyl (C=O) groups is 4. The van der Waals surface area contributed by atoms with Crippen LogP contribution < -0.4 is 10.6 Å². The van der Waals surface area contributed by atoms with Gasteiger partial charge in [0.2, 0.25) is 11.8 Å². The quantitative estimate of drug-likeness (QED) is 0.274. The van der Waals surface area contributed by atoms with Gasteiger partial charge in [-0.05, 0) is 24.5 Å². The molecule has 182 valence electrons. The van der Waals surface area contributed by atoms with Gasteiger partial charge in [-0.1, -0.05) is 18.2 Å². The minimum Gasteiger partial charge on any atom is -0.480 e. The van der Waals surface area contributed by atoms with Crippen LogP contribution in [-0.2, 0) is 30.3 Å². The summed E-state index contributed by atoms with van der Waals surface area (Å²) in [5.41, 5.74) is 1.74. The number of morpholine rings is 1. The molecule has 0 bridgehead atoms. The van der Waals surface area contributed by atoms with Gasteiger partial charge in [0, 0.05) is 36.6 Å². The number of benzene rings is 1. The number of ketones is 1. The Kier molecular flexibility index (Phi) is 8.88. The zero-order valence-corrected chi connectivity index (χ0v) is 18.7. The lowest BCUT2D eigenvalue weighted by atomic mass is 10.0. The van der Waals surface area contributed by atoms with Crippen LogP contribution in [0.15, 0.2) is 30.5 Å². The van der Waals surface area contributed by atoms with E-state index in [0.717, 1.165) is 16.5 Å². The molecule has 0 aliphatic carbocycles. The maximum absolute atomic E-state index is 13.1. The van der Waals surface area contributed by atoms with Gasteiger partial charge < -0.3 is 30.5 Å². The molecule has 5 N–H and O–H groups in total. The topological polar surface area (TPSA) is 165 Å². The first-order valence-corrected chi connectivity index (χ1v) is 11.1. The number of hydrogen-bond donors (Lipinski definition) is 5. The van der Waals surface area contributed by atoms with E-state index in [1.807, 2.05) is 24.3 Å². The monoisotopic (exact) mass is 471 g/mol. The Bertz CT molecular complexity index is 1050. The van der Waals surface area contributed by atoms with Crippen molar-refractivity contribution in [3.05, 3.63) is 36.0 Å². The average Bonchev–Trinajstić information content (AvgIpc) is 3.26. The van der Waals surface area contributed by atoms with Gasteiger partial charge in [-0.25, -0.2) is 4.79 Å². The summed E-state index contributed by atoms with van der Waals surface area (Å²) in [5, 5.41) is 22.8. The lowest BCUT2D eigenvalue weighted by Crippen LogP contribution is -2.53. The molecule has 3 rings (SSSR count). The van der Waals surface area contributed by atoms with Crippen LogP contribution >= 0.6 is 0 Å². The summed E-state index contributed by atoms with van der Waals surface area (Å²) in [6.07, 6.45) is 2.32. The number of Topliss-reactive ketones (excluding diaryl/α,β-unsaturated/α-hetero) is 1. The largest absolute Gasteiger partial charge is 0.480 e. The van der Waals surface area contributed by atoms with Crippen molar-refractivity contribution in [3.63, 3.8) is 0 Å². The number of amides is 2. The maximum atomic E-state index is 13.1. The number of aromatic amines is 1. The fourth-order valence-corrected chi connectivity index (χ4v) is 3.80. The van der Waals surface area contributed by atoms with Crippen molar-refractivity contribution in [1.29, 1.82) is 5.41 Å². The normalized spacial score (nSPS) is 15.5. The highest BCUT2D eigenvalue weighted by Crippen LogP contribution is 2.19. The molecule has 1 fully saturated rings. The molecule has 0 radical (unpaired) electrons. The number of aromatic nitrogens is 1. The molecule has 0 saturated carbocycles. The third-order valence-electron chi connectivity index (χ3n) is 5.73. The first kappa shape index (κ1) is 25.1. The van der Waals surface area contributed by atoms with E-state index in [9.17, 15) is 24.3 Å². The van der Waals surface area contributed by atoms with Crippen molar-refractivity contribution in [2.24, 2.45) is 0 Å². The van der Waals surface area contributed by atoms with Crippen LogP contribution in [0.25, 0.3) is 10.9 Å². The number of aliphatic carboxylic acids is 1. The molecule has 34 heavy (non-hydrogen) atoms. The fraction of sp³-hybridized carbons (Fsp3) is 0.435. The molecule has 1 aliphatic heterocycles. The zero-order chi connectivity index (χ0) is 24.5. The summed E-state index contributed by atoms with van der Waals surface area (Å²) >= 11 is 0. The summed E-state index contributed by atoms with van der Waals surface area (Å²) in [4.78, 5) is 53.5. The average molecular weight is 472 g/mol. The minimum absolute atomic E-state index is 0.0928. The highest BCUT2D eigenvalue weighted by atomic mass is 16.5. The molecule has 0 spiro atoms. The molecule has 1 aliphatic rings. The molecular formula is C23H29N5O6. The molecule has 11 heteroatoms. The molecule has 1 saturated heterocycles. The van der Waals surface area contributed by atoms with E-state index in [1.54, 1.807) is 11.1 Å². The number of rotatable bonds is 12. The fourth-order valence-electron chi connectivity index (χ4n) is 3.80. The summed E-state index contributed by atoms with van der Waals surface area (Å²) < 4.78 is 5.26. The number of carboxylic acid groups (broad SMARTS) is 1. The van der Waals surface area contributed by atoms with Crippen LogP contribution in [0.3, 0.4) is 0 Å². The third-order valence-corrected chi connectivity index (χ3v) is 5.73. The van der Waals surface area contributed by atoms with Gasteiger partial charge in [-0.2, -0.15) is 0 Å². The summed E-state index contributed by atoms with van der Waals surface area (Å²) in [6.45, 7) is 1.77. The van der Waals surface area contributed by atoms with Gasteiger partial charge in [0.25, 0.3) is 0 Å². The van der Waals surface area contributed by atoms with Gasteiger partial charge in [-0.15, -0.1) is 0 Å². The highest BCUT2D eigenvalue weighted by Gasteiger charge is 2.27. The first-order chi connectivity index (χ1) is 16.4. The standard InChI is InChI=1S/C23H29N5O6/c24-12-16(29)5-6-19(23(32)33)27-22(31)20(26-14-21(30)28-7-9-34-10-8-28)11-15-13-25-18-4-2-1-3-17(15)18/h1-4,12-13,19-20,24-26H,5-11,14H2,(H,27,31)(H,32,33)/t19-,20-/m0/s1. The van der Waals surface area contributed by atoms with Crippen LogP contribution in [0.4, 0.5) is 0 Å². The Morgan fingerprint density at radius 3 is 2.62 bits per heavy atom. The molecule has 2 aromatic rings. The van der Waals surface area contributed by atoms with Gasteiger partial charge in [0.05, 0.1) is 32.0 Å². The van der Waals surface area contributed by atoms with E-state index in [0.29, 0.717) is 32.5 Å². The SMILES string of the molecule is N=CC(=O)CC[C@H](NC(=O)[C@H](Cc1c[nH]c2ccccc12)NCC(=O)N1CCOCC1)C(=O)O. The number of ether oxygens (including phenoxy) is 1. The Morgan fingerprint density at radius 1 is 1.18 bits per heavy atom. The number of fused-ring (bicyclic) bond motifs is 1. The van der Waals surface area contributed by atoms with E-state index in [1.165, 1.54) is 0 Å². The molecule has 11 nitrogen and oxygen atoms in total. The van der Waals surface area contributed by atoms with Crippen LogP contribution in [0.2, 0.25) is 0 Å². The third kappa shape index (κ3) is 6.72. The molecule has 1 aromatic heterocycles. The number of hydrogen-bond acceptors (Lipinski definition) is 7. The molecule has 2 atom stereocenters. The molecule has 0 unspecified atom stereocenters. The predicted molar refractivity (Wildman–Crippen MR) is 124 cm³/mol. The molecular weight excluding hydrogens is 442 g/mol. The van der Waals surface area contributed by atoms with Crippen molar-refractivity contribution in [2.75, 3.05) is 32.8 Å². The second-order valence-electron chi connectivity index (χ2n) is 8.04. The van der Waals surface area contributed by atoms with E-state index < -0.39 is 29.7 Å². The van der Waals surface area contributed by atoms with Crippen LogP contribution in [0, 0.1) is 5.41 Å². The van der Waals surface area contributed by atoms with E-state index in [4.69, 9.17) is 10.1 Å². The van der Waals surface area contributed by atoms with E-state index >= 15 is 0 Å². The molecule has 1 aromatic carbocycles. The number of nitrogens with one attached hydrogen (secondary N) is 4. The van der Waals surface area contributed by atoms with Gasteiger partial charge >= 0.3 is 5.97 Å². The summed E-state index contributed by atoms with van der Waals surface area (Å²) in [6, 6.07) is 5.41. The second kappa shape index (κ2) is 12.1. The van der Waals surface area contributed by atoms with Gasteiger partial charge in [0.15, 0.2) is 5.78 Å². The van der Waals surface area contributed by atoms with Crippen molar-refractivity contribution in [1.82, 2.24) is 20.5 Å². The second-order valence-corrected chi connectivity index (χ2v) is 8.04. The van der Waals surface area contributed by atoms with Crippen molar-refractivity contribution >= 4 is 40.7 Å². The van der Waals surface area contributed by atoms with Crippen LogP contribution in [0.5, 0.6) is 0 Å². The maximum Gasteiger partial charge on any atom is 0.326 e. The Labute approximate surface area is 196 Å². The summed E-state index contributed by atoms with van der Waals surface area (Å²) in [7, 11) is 0. The minimum atomic E-state index is -1.29. The number of carboxylic acids is 1. The Hall–Kier alpha value is -3.57. The highest BCUT2D eigenvalue weighted by molar-refractivity contribution is 6.26. The van der Waals surface area contributed by atoms with Crippen LogP contribution in [0.1, 0.15) is 18.4 Å². The molecule has 2 heterocycles. The van der Waals surface area contributed by atoms with Crippen LogP contribution in [-0.4, -0.2) is 89.7 Å². The zero-order valence-electron chi connectivity index (χ0n) is 18.7. The first-order valence-electron chi connectivity index (χ1n) is 11.1. The number of carbonyl (C=O) groups excluding carboxylic acids is 3. The van der Waals surface area contributed by atoms with Crippen molar-refractivity contribution in [3.8, 4) is 0 Å². The number of nitrogens with zero attached hydrogens (tertiary/aromatic N) is 1. The van der Waals surface area contributed by atoms with Crippen molar-refractivity contribution < 1.29 is 29.0 Å². The Morgan fingerprint density at radius 2 is 1.91 bits per heavy atom. The summed E-state index contributed by atoms with van der Waals surface area (Å²) in [5.74, 6) is -2.56. The van der Waals surface area contributed by atoms with Gasteiger partial charge in [0.1, 0.15) is 6.04 Å². The van der Waals surface area contributed by atoms with Gasteiger partial charge in [-0.3, -0.25) is 19.7 Å². The lowest BCUT2D eigenvalue weighted by Gasteiger charge is -2.28. The Balaban J connectivity index is 1.72. The number of H-pyrrole nitrogens is 1.